The summed E-state index contributed by atoms with van der Waals surface area (Å²) in [6.45, 7) is 1.92. The fourth-order valence-corrected chi connectivity index (χ4v) is 2.61. The lowest BCUT2D eigenvalue weighted by Crippen LogP contribution is -2.16. The van der Waals surface area contributed by atoms with Gasteiger partial charge < -0.3 is 14.5 Å². The molecule has 0 aliphatic carbocycles. The summed E-state index contributed by atoms with van der Waals surface area (Å²) in [6, 6.07) is 14.1. The molecule has 0 aliphatic heterocycles. The normalized spacial score (nSPS) is 10.6. The summed E-state index contributed by atoms with van der Waals surface area (Å²) >= 11 is 5.85. The number of furan rings is 1. The molecule has 2 aromatic carbocycles. The molecule has 0 saturated carbocycles. The summed E-state index contributed by atoms with van der Waals surface area (Å²) in [6.07, 6.45) is 0.152. The molecule has 0 atom stereocenters. The van der Waals surface area contributed by atoms with E-state index in [1.165, 1.54) is 0 Å². The fraction of sp³-hybridized carbons (Fsp3) is 0.158. The standard InChI is InChI=1S/C19H16ClNO4/c1-2-24-19(23)18-17(14-5-3-4-6-15(14)25-18)21-16(22)11-12-7-9-13(20)10-8-12/h3-10H,2,11H2,1H3,(H,21,22). The molecule has 3 rings (SSSR count). The van der Waals surface area contributed by atoms with E-state index < -0.39 is 5.97 Å². The van der Waals surface area contributed by atoms with Gasteiger partial charge in [-0.1, -0.05) is 35.9 Å². The van der Waals surface area contributed by atoms with Crippen molar-refractivity contribution in [1.29, 1.82) is 0 Å². The average molecular weight is 358 g/mol. The van der Waals surface area contributed by atoms with Crippen molar-refractivity contribution in [3.8, 4) is 0 Å². The van der Waals surface area contributed by atoms with Gasteiger partial charge in [-0.3, -0.25) is 4.79 Å². The zero-order valence-electron chi connectivity index (χ0n) is 13.5. The van der Waals surface area contributed by atoms with Gasteiger partial charge in [-0.2, -0.15) is 0 Å². The number of carbonyl (C=O) groups is 2. The largest absolute Gasteiger partial charge is 0.460 e. The van der Waals surface area contributed by atoms with Crippen molar-refractivity contribution in [2.45, 2.75) is 13.3 Å². The number of rotatable bonds is 5. The van der Waals surface area contributed by atoms with E-state index in [2.05, 4.69) is 5.32 Å². The van der Waals surface area contributed by atoms with Crippen LogP contribution in [0.4, 0.5) is 5.69 Å². The van der Waals surface area contributed by atoms with E-state index in [1.807, 2.05) is 6.07 Å². The Morgan fingerprint density at radius 3 is 2.56 bits per heavy atom. The summed E-state index contributed by atoms with van der Waals surface area (Å²) in [5.41, 5.74) is 1.65. The number of anilines is 1. The number of carbonyl (C=O) groups excluding carboxylic acids is 2. The van der Waals surface area contributed by atoms with Crippen LogP contribution in [0.5, 0.6) is 0 Å². The van der Waals surface area contributed by atoms with Crippen LogP contribution in [-0.2, 0) is 16.0 Å². The highest BCUT2D eigenvalue weighted by Gasteiger charge is 2.23. The summed E-state index contributed by atoms with van der Waals surface area (Å²) in [5.74, 6) is -0.882. The van der Waals surface area contributed by atoms with Gasteiger partial charge in [0.2, 0.25) is 11.7 Å². The van der Waals surface area contributed by atoms with Gasteiger partial charge in [-0.25, -0.2) is 4.79 Å². The summed E-state index contributed by atoms with van der Waals surface area (Å²) < 4.78 is 10.6. The number of hydrogen-bond donors (Lipinski definition) is 1. The summed E-state index contributed by atoms with van der Waals surface area (Å²) in [7, 11) is 0. The van der Waals surface area contributed by atoms with Gasteiger partial charge >= 0.3 is 5.97 Å². The van der Waals surface area contributed by atoms with Crippen LogP contribution >= 0.6 is 11.6 Å². The first-order chi connectivity index (χ1) is 12.1. The van der Waals surface area contributed by atoms with E-state index >= 15 is 0 Å². The topological polar surface area (TPSA) is 68.5 Å². The maximum absolute atomic E-state index is 12.4. The predicted octanol–water partition coefficient (Wildman–Crippen LogP) is 4.44. The fourth-order valence-electron chi connectivity index (χ4n) is 2.48. The number of hydrogen-bond acceptors (Lipinski definition) is 4. The minimum atomic E-state index is -0.611. The van der Waals surface area contributed by atoms with Crippen molar-refractivity contribution < 1.29 is 18.7 Å². The Balaban J connectivity index is 1.88. The smallest absolute Gasteiger partial charge is 0.376 e. The molecule has 128 valence electrons. The van der Waals surface area contributed by atoms with E-state index in [1.54, 1.807) is 49.4 Å². The third kappa shape index (κ3) is 3.83. The van der Waals surface area contributed by atoms with E-state index in [0.29, 0.717) is 21.7 Å². The number of amides is 1. The van der Waals surface area contributed by atoms with E-state index in [-0.39, 0.29) is 24.7 Å². The lowest BCUT2D eigenvalue weighted by atomic mass is 10.1. The second kappa shape index (κ2) is 7.40. The van der Waals surface area contributed by atoms with Crippen LogP contribution < -0.4 is 5.32 Å². The Kier molecular flexibility index (Phi) is 5.05. The van der Waals surface area contributed by atoms with E-state index in [4.69, 9.17) is 20.8 Å². The Bertz CT molecular complexity index is 915. The molecule has 1 heterocycles. The second-order valence-electron chi connectivity index (χ2n) is 5.37. The maximum atomic E-state index is 12.4. The van der Waals surface area contributed by atoms with Crippen molar-refractivity contribution in [3.63, 3.8) is 0 Å². The number of ether oxygens (including phenoxy) is 1. The van der Waals surface area contributed by atoms with Gasteiger partial charge in [0, 0.05) is 10.4 Å². The minimum absolute atomic E-state index is 0.00694. The van der Waals surface area contributed by atoms with Crippen molar-refractivity contribution >= 4 is 40.1 Å². The third-order valence-corrected chi connectivity index (χ3v) is 3.85. The highest BCUT2D eigenvalue weighted by atomic mass is 35.5. The molecule has 3 aromatic rings. The Morgan fingerprint density at radius 1 is 1.12 bits per heavy atom. The van der Waals surface area contributed by atoms with Crippen molar-refractivity contribution in [2.24, 2.45) is 0 Å². The van der Waals surface area contributed by atoms with Gasteiger partial charge in [0.25, 0.3) is 0 Å². The highest BCUT2D eigenvalue weighted by molar-refractivity contribution is 6.30. The Hall–Kier alpha value is -2.79. The number of halogens is 1. The zero-order chi connectivity index (χ0) is 17.8. The zero-order valence-corrected chi connectivity index (χ0v) is 14.3. The molecule has 0 unspecified atom stereocenters. The van der Waals surface area contributed by atoms with Crippen LogP contribution in [0.3, 0.4) is 0 Å². The number of para-hydroxylation sites is 1. The quantitative estimate of drug-likeness (QED) is 0.685. The third-order valence-electron chi connectivity index (χ3n) is 3.60. The van der Waals surface area contributed by atoms with Crippen LogP contribution in [0.15, 0.2) is 52.9 Å². The van der Waals surface area contributed by atoms with Crippen molar-refractivity contribution in [1.82, 2.24) is 0 Å². The van der Waals surface area contributed by atoms with Crippen LogP contribution in [0, 0.1) is 0 Å². The SMILES string of the molecule is CCOC(=O)c1oc2ccccc2c1NC(=O)Cc1ccc(Cl)cc1. The minimum Gasteiger partial charge on any atom is -0.460 e. The molecule has 1 aromatic heterocycles. The average Bonchev–Trinajstić information content (AvgIpc) is 2.96. The van der Waals surface area contributed by atoms with Gasteiger partial charge in [-0.15, -0.1) is 0 Å². The number of nitrogens with one attached hydrogen (secondary N) is 1. The van der Waals surface area contributed by atoms with Crippen LogP contribution in [-0.4, -0.2) is 18.5 Å². The molecular formula is C19H16ClNO4. The second-order valence-corrected chi connectivity index (χ2v) is 5.81. The van der Waals surface area contributed by atoms with Gasteiger partial charge in [0.15, 0.2) is 0 Å². The molecule has 5 nitrogen and oxygen atoms in total. The Morgan fingerprint density at radius 2 is 1.84 bits per heavy atom. The maximum Gasteiger partial charge on any atom is 0.376 e. The van der Waals surface area contributed by atoms with Gasteiger partial charge in [0.1, 0.15) is 11.3 Å². The van der Waals surface area contributed by atoms with Crippen molar-refractivity contribution in [3.05, 3.63) is 64.9 Å². The first kappa shape index (κ1) is 17.0. The van der Waals surface area contributed by atoms with E-state index in [9.17, 15) is 9.59 Å². The molecular weight excluding hydrogens is 342 g/mol. The van der Waals surface area contributed by atoms with Crippen LogP contribution in [0.1, 0.15) is 23.0 Å². The molecule has 1 amide bonds. The Labute approximate surface area is 149 Å². The molecule has 0 fully saturated rings. The number of esters is 1. The molecule has 6 heteroatoms. The monoisotopic (exact) mass is 357 g/mol. The number of benzene rings is 2. The molecule has 0 spiro atoms. The lowest BCUT2D eigenvalue weighted by Gasteiger charge is -2.06. The van der Waals surface area contributed by atoms with Crippen molar-refractivity contribution in [2.75, 3.05) is 11.9 Å². The summed E-state index contributed by atoms with van der Waals surface area (Å²) in [5, 5.41) is 4.02. The molecule has 0 saturated heterocycles. The van der Waals surface area contributed by atoms with E-state index in [0.717, 1.165) is 5.56 Å². The first-order valence-corrected chi connectivity index (χ1v) is 8.19. The van der Waals surface area contributed by atoms with Gasteiger partial charge in [0.05, 0.1) is 13.0 Å². The highest BCUT2D eigenvalue weighted by Crippen LogP contribution is 2.31. The number of fused-ring (bicyclic) bond motifs is 1. The molecule has 0 radical (unpaired) electrons. The first-order valence-electron chi connectivity index (χ1n) is 7.81. The predicted molar refractivity (Wildman–Crippen MR) is 96.0 cm³/mol. The van der Waals surface area contributed by atoms with Gasteiger partial charge in [-0.05, 0) is 36.8 Å². The van der Waals surface area contributed by atoms with Crippen LogP contribution in [0.25, 0.3) is 11.0 Å². The molecule has 25 heavy (non-hydrogen) atoms. The summed E-state index contributed by atoms with van der Waals surface area (Å²) in [4.78, 5) is 24.5. The molecule has 0 aliphatic rings. The van der Waals surface area contributed by atoms with Crippen LogP contribution in [0.2, 0.25) is 5.02 Å². The lowest BCUT2D eigenvalue weighted by molar-refractivity contribution is -0.115. The molecule has 0 bridgehead atoms. The molecule has 1 N–H and O–H groups in total.